The van der Waals surface area contributed by atoms with Gasteiger partial charge in [0.15, 0.2) is 5.41 Å². The summed E-state index contributed by atoms with van der Waals surface area (Å²) in [5.74, 6) is -1.58. The topological polar surface area (TPSA) is 86.7 Å². The number of ether oxygens (including phenoxy) is 2. The van der Waals surface area contributed by atoms with Crippen molar-refractivity contribution in [3.8, 4) is 0 Å². The third-order valence-corrected chi connectivity index (χ3v) is 10.5. The molecule has 0 saturated carbocycles. The average Bonchev–Trinajstić information content (AvgIpc) is 3.12. The van der Waals surface area contributed by atoms with Gasteiger partial charge in [0.2, 0.25) is 9.84 Å². The van der Waals surface area contributed by atoms with Crippen LogP contribution in [0.25, 0.3) is 6.08 Å². The molecule has 0 atom stereocenters. The van der Waals surface area contributed by atoms with Gasteiger partial charge in [-0.15, -0.1) is 0 Å². The Labute approximate surface area is 238 Å². The average molecular weight is 565 g/mol. The Kier molecular flexibility index (Phi) is 9.03. The van der Waals surface area contributed by atoms with Crippen molar-refractivity contribution in [2.24, 2.45) is 5.41 Å². The van der Waals surface area contributed by atoms with Crippen LogP contribution < -0.4 is 0 Å². The molecule has 0 saturated heterocycles. The monoisotopic (exact) mass is 564 g/mol. The standard InChI is InChI=1S/C33H40O6S/c1-5-7-18-32(19-8-6-2)22-27-25(20-24-14-12-13-17-28(24)32)21-33(30(34)38-3,31(35)39-4)23-29(27)40(36,37)26-15-10-9-11-16-26/h9-17,20H,5-8,18-19,21-23H2,1-4H3. The molecule has 0 fully saturated rings. The molecule has 2 aliphatic carbocycles. The molecule has 0 unspecified atom stereocenters. The summed E-state index contributed by atoms with van der Waals surface area (Å²) < 4.78 is 39.0. The van der Waals surface area contributed by atoms with Crippen LogP contribution in [-0.2, 0) is 34.3 Å². The van der Waals surface area contributed by atoms with E-state index in [4.69, 9.17) is 9.47 Å². The summed E-state index contributed by atoms with van der Waals surface area (Å²) in [6.07, 6.45) is 8.14. The van der Waals surface area contributed by atoms with E-state index in [2.05, 4.69) is 26.0 Å². The minimum absolute atomic E-state index is 0.0153. The highest BCUT2D eigenvalue weighted by molar-refractivity contribution is 7.95. The number of rotatable bonds is 10. The summed E-state index contributed by atoms with van der Waals surface area (Å²) in [4.78, 5) is 26.9. The van der Waals surface area contributed by atoms with Crippen LogP contribution in [0.5, 0.6) is 0 Å². The molecule has 214 valence electrons. The second-order valence-electron chi connectivity index (χ2n) is 11.1. The number of sulfone groups is 1. The maximum Gasteiger partial charge on any atom is 0.323 e. The number of hydrogen-bond donors (Lipinski definition) is 0. The van der Waals surface area contributed by atoms with E-state index in [-0.39, 0.29) is 28.1 Å². The Morgan fingerprint density at radius 3 is 1.95 bits per heavy atom. The number of allylic oxidation sites excluding steroid dienone is 3. The summed E-state index contributed by atoms with van der Waals surface area (Å²) in [5, 5.41) is 0. The Morgan fingerprint density at radius 2 is 1.38 bits per heavy atom. The van der Waals surface area contributed by atoms with Gasteiger partial charge in [-0.05, 0) is 65.5 Å². The largest absolute Gasteiger partial charge is 0.468 e. The van der Waals surface area contributed by atoms with E-state index in [1.807, 2.05) is 18.2 Å². The second-order valence-corrected chi connectivity index (χ2v) is 13.0. The fourth-order valence-corrected chi connectivity index (χ4v) is 8.26. The molecule has 2 aliphatic rings. The van der Waals surface area contributed by atoms with E-state index in [9.17, 15) is 18.0 Å². The molecule has 0 aromatic heterocycles. The predicted molar refractivity (Wildman–Crippen MR) is 156 cm³/mol. The molecule has 2 aromatic rings. The first-order chi connectivity index (χ1) is 19.2. The molecule has 2 aromatic carbocycles. The first kappa shape index (κ1) is 29.8. The van der Waals surface area contributed by atoms with Gasteiger partial charge in [-0.2, -0.15) is 0 Å². The van der Waals surface area contributed by atoms with Gasteiger partial charge in [-0.25, -0.2) is 8.42 Å². The van der Waals surface area contributed by atoms with Crippen LogP contribution in [0.3, 0.4) is 0 Å². The Hall–Kier alpha value is -3.19. The molecule has 7 heteroatoms. The number of fused-ring (bicyclic) bond motifs is 2. The predicted octanol–water partition coefficient (Wildman–Crippen LogP) is 6.95. The number of hydrogen-bond acceptors (Lipinski definition) is 6. The van der Waals surface area contributed by atoms with Crippen LogP contribution in [0, 0.1) is 5.41 Å². The van der Waals surface area contributed by atoms with Crippen molar-refractivity contribution in [2.75, 3.05) is 14.2 Å². The van der Waals surface area contributed by atoms with Crippen LogP contribution in [0.2, 0.25) is 0 Å². The van der Waals surface area contributed by atoms with Gasteiger partial charge in [0.05, 0.1) is 24.0 Å². The lowest BCUT2D eigenvalue weighted by molar-refractivity contribution is -0.169. The summed E-state index contributed by atoms with van der Waals surface area (Å²) in [5.41, 5.74) is 1.52. The Bertz CT molecular complexity index is 1390. The van der Waals surface area contributed by atoms with Crippen molar-refractivity contribution in [3.05, 3.63) is 81.8 Å². The van der Waals surface area contributed by atoms with Crippen LogP contribution in [0.4, 0.5) is 0 Å². The highest BCUT2D eigenvalue weighted by Gasteiger charge is 2.55. The smallest absolute Gasteiger partial charge is 0.323 e. The molecule has 4 rings (SSSR count). The van der Waals surface area contributed by atoms with Gasteiger partial charge in [-0.3, -0.25) is 9.59 Å². The molecule has 0 aliphatic heterocycles. The highest BCUT2D eigenvalue weighted by Crippen LogP contribution is 2.54. The zero-order valence-corrected chi connectivity index (χ0v) is 24.8. The number of methoxy groups -OCH3 is 2. The summed E-state index contributed by atoms with van der Waals surface area (Å²) in [7, 11) is -1.62. The second kappa shape index (κ2) is 12.1. The third kappa shape index (κ3) is 5.28. The quantitative estimate of drug-likeness (QED) is 0.229. The van der Waals surface area contributed by atoms with Gasteiger partial charge in [-0.1, -0.05) is 88.1 Å². The minimum atomic E-state index is -4.06. The lowest BCUT2D eigenvalue weighted by atomic mass is 9.66. The van der Waals surface area contributed by atoms with Crippen molar-refractivity contribution >= 4 is 27.9 Å². The zero-order chi connectivity index (χ0) is 29.0. The molecule has 0 heterocycles. The molecule has 40 heavy (non-hydrogen) atoms. The first-order valence-electron chi connectivity index (χ1n) is 14.2. The van der Waals surface area contributed by atoms with Gasteiger partial charge in [0.1, 0.15) is 0 Å². The van der Waals surface area contributed by atoms with E-state index >= 15 is 0 Å². The molecule has 0 spiro atoms. The van der Waals surface area contributed by atoms with Crippen molar-refractivity contribution in [1.29, 1.82) is 0 Å². The van der Waals surface area contributed by atoms with Crippen LogP contribution in [-0.4, -0.2) is 34.6 Å². The van der Waals surface area contributed by atoms with Crippen molar-refractivity contribution in [3.63, 3.8) is 0 Å². The lowest BCUT2D eigenvalue weighted by Crippen LogP contribution is -2.45. The molecule has 0 bridgehead atoms. The third-order valence-electron chi connectivity index (χ3n) is 8.60. The fraction of sp³-hybridized carbons (Fsp3) is 0.455. The zero-order valence-electron chi connectivity index (χ0n) is 24.0. The van der Waals surface area contributed by atoms with Crippen LogP contribution in [0.15, 0.2) is 75.5 Å². The molecule has 0 N–H and O–H groups in total. The van der Waals surface area contributed by atoms with E-state index in [1.165, 1.54) is 19.8 Å². The summed E-state index contributed by atoms with van der Waals surface area (Å²) >= 11 is 0. The van der Waals surface area contributed by atoms with E-state index < -0.39 is 27.2 Å². The van der Waals surface area contributed by atoms with E-state index in [0.29, 0.717) is 12.0 Å². The first-order valence-corrected chi connectivity index (χ1v) is 15.7. The molecule has 0 radical (unpaired) electrons. The number of carbonyl (C=O) groups excluding carboxylic acids is 2. The molecular weight excluding hydrogens is 524 g/mol. The normalized spacial score (nSPS) is 17.6. The summed E-state index contributed by atoms with van der Waals surface area (Å²) in [6, 6.07) is 16.5. The number of benzene rings is 2. The van der Waals surface area contributed by atoms with E-state index in [0.717, 1.165) is 49.7 Å². The summed E-state index contributed by atoms with van der Waals surface area (Å²) in [6.45, 7) is 4.35. The Balaban J connectivity index is 2.08. The molecule has 0 amide bonds. The van der Waals surface area contributed by atoms with Crippen molar-refractivity contribution in [1.82, 2.24) is 0 Å². The van der Waals surface area contributed by atoms with Gasteiger partial charge in [0.25, 0.3) is 0 Å². The maximum absolute atomic E-state index is 14.4. The lowest BCUT2D eigenvalue weighted by Gasteiger charge is -2.39. The minimum Gasteiger partial charge on any atom is -0.468 e. The SMILES string of the molecule is CCCCC1(CCCC)CC2=C(S(=O)(=O)c3ccccc3)CC(C(=O)OC)(C(=O)OC)CC2=Cc2ccccc21. The fourth-order valence-electron chi connectivity index (χ4n) is 6.49. The van der Waals surface area contributed by atoms with E-state index in [1.54, 1.807) is 30.3 Å². The van der Waals surface area contributed by atoms with Gasteiger partial charge < -0.3 is 9.47 Å². The molecule has 6 nitrogen and oxygen atoms in total. The number of unbranched alkanes of at least 4 members (excludes halogenated alkanes) is 2. The molecular formula is C33H40O6S. The highest BCUT2D eigenvalue weighted by atomic mass is 32.2. The Morgan fingerprint density at radius 1 is 0.800 bits per heavy atom. The van der Waals surface area contributed by atoms with Crippen LogP contribution >= 0.6 is 0 Å². The van der Waals surface area contributed by atoms with Crippen LogP contribution in [0.1, 0.15) is 82.8 Å². The van der Waals surface area contributed by atoms with Gasteiger partial charge in [0, 0.05) is 6.42 Å². The number of carbonyl (C=O) groups is 2. The number of esters is 2. The van der Waals surface area contributed by atoms with Crippen molar-refractivity contribution in [2.45, 2.75) is 81.9 Å². The van der Waals surface area contributed by atoms with Crippen molar-refractivity contribution < 1.29 is 27.5 Å². The van der Waals surface area contributed by atoms with Gasteiger partial charge >= 0.3 is 11.9 Å². The maximum atomic E-state index is 14.4.